The van der Waals surface area contributed by atoms with Crippen molar-refractivity contribution in [3.8, 4) is 5.69 Å². The van der Waals surface area contributed by atoms with Crippen molar-refractivity contribution >= 4 is 28.5 Å². The van der Waals surface area contributed by atoms with Crippen LogP contribution in [0.15, 0.2) is 61.1 Å². The molecule has 4 rings (SSSR count). The predicted molar refractivity (Wildman–Crippen MR) is 100 cm³/mol. The van der Waals surface area contributed by atoms with E-state index < -0.39 is 0 Å². The van der Waals surface area contributed by atoms with Gasteiger partial charge in [-0.05, 0) is 30.7 Å². The van der Waals surface area contributed by atoms with Gasteiger partial charge in [-0.15, -0.1) is 0 Å². The van der Waals surface area contributed by atoms with Crippen molar-refractivity contribution in [3.05, 3.63) is 77.2 Å². The van der Waals surface area contributed by atoms with Gasteiger partial charge >= 0.3 is 0 Å². The molecule has 0 saturated carbocycles. The maximum absolute atomic E-state index is 6.09. The fourth-order valence-electron chi connectivity index (χ4n) is 2.67. The van der Waals surface area contributed by atoms with Crippen molar-refractivity contribution < 1.29 is 0 Å². The number of aryl methyl sites for hydroxylation is 1. The predicted octanol–water partition coefficient (Wildman–Crippen LogP) is 4.39. The Morgan fingerprint density at radius 1 is 1.08 bits per heavy atom. The van der Waals surface area contributed by atoms with Gasteiger partial charge in [-0.2, -0.15) is 5.10 Å². The van der Waals surface area contributed by atoms with Crippen molar-refractivity contribution in [1.82, 2.24) is 19.7 Å². The molecule has 0 saturated heterocycles. The van der Waals surface area contributed by atoms with E-state index in [0.717, 1.165) is 22.5 Å². The third kappa shape index (κ3) is 3.19. The molecule has 2 aromatic heterocycles. The Bertz CT molecular complexity index is 1020. The van der Waals surface area contributed by atoms with Crippen LogP contribution in [0.25, 0.3) is 16.7 Å². The zero-order valence-corrected chi connectivity index (χ0v) is 14.4. The van der Waals surface area contributed by atoms with Crippen LogP contribution in [-0.4, -0.2) is 19.7 Å². The molecule has 0 unspecified atom stereocenters. The molecular weight excluding hydrogens is 334 g/mol. The standard InChI is InChI=1S/C19H16ClN5/c1-13-5-7-14(8-6-13)10-21-18-17-11-24-25(19(17)23-12-22-18)16-4-2-3-15(20)9-16/h2-9,11-12H,10H2,1H3,(H,21,22,23). The highest BCUT2D eigenvalue weighted by atomic mass is 35.5. The number of nitrogens with zero attached hydrogens (tertiary/aromatic N) is 4. The molecule has 1 N–H and O–H groups in total. The zero-order chi connectivity index (χ0) is 17.2. The van der Waals surface area contributed by atoms with Crippen LogP contribution in [0.1, 0.15) is 11.1 Å². The summed E-state index contributed by atoms with van der Waals surface area (Å²) in [5, 5.41) is 9.35. The van der Waals surface area contributed by atoms with Crippen LogP contribution < -0.4 is 5.32 Å². The molecule has 0 radical (unpaired) electrons. The summed E-state index contributed by atoms with van der Waals surface area (Å²) in [6.45, 7) is 2.77. The van der Waals surface area contributed by atoms with Gasteiger partial charge in [0.05, 0.1) is 17.3 Å². The van der Waals surface area contributed by atoms with E-state index in [-0.39, 0.29) is 0 Å². The van der Waals surface area contributed by atoms with E-state index in [1.54, 1.807) is 17.2 Å². The molecule has 0 atom stereocenters. The van der Waals surface area contributed by atoms with E-state index in [1.165, 1.54) is 11.1 Å². The number of anilines is 1. The van der Waals surface area contributed by atoms with Gasteiger partial charge in [-0.3, -0.25) is 0 Å². The second kappa shape index (κ2) is 6.53. The van der Waals surface area contributed by atoms with E-state index in [0.29, 0.717) is 11.6 Å². The lowest BCUT2D eigenvalue weighted by Crippen LogP contribution is -2.03. The smallest absolute Gasteiger partial charge is 0.168 e. The Morgan fingerprint density at radius 3 is 2.72 bits per heavy atom. The van der Waals surface area contributed by atoms with Crippen molar-refractivity contribution in [3.63, 3.8) is 0 Å². The maximum Gasteiger partial charge on any atom is 0.168 e. The second-order valence-electron chi connectivity index (χ2n) is 5.83. The van der Waals surface area contributed by atoms with Gasteiger partial charge in [-0.25, -0.2) is 14.6 Å². The molecule has 5 nitrogen and oxygen atoms in total. The number of benzene rings is 2. The molecule has 2 aromatic carbocycles. The minimum Gasteiger partial charge on any atom is -0.365 e. The first-order chi connectivity index (χ1) is 12.2. The van der Waals surface area contributed by atoms with Crippen molar-refractivity contribution in [2.45, 2.75) is 13.5 Å². The van der Waals surface area contributed by atoms with Crippen LogP contribution in [0.5, 0.6) is 0 Å². The molecule has 25 heavy (non-hydrogen) atoms. The molecule has 124 valence electrons. The van der Waals surface area contributed by atoms with Crippen LogP contribution in [0.4, 0.5) is 5.82 Å². The quantitative estimate of drug-likeness (QED) is 0.593. The first kappa shape index (κ1) is 15.6. The van der Waals surface area contributed by atoms with Crippen LogP contribution in [-0.2, 0) is 6.54 Å². The minimum atomic E-state index is 0.660. The van der Waals surface area contributed by atoms with Gasteiger partial charge in [-0.1, -0.05) is 47.5 Å². The monoisotopic (exact) mass is 349 g/mol. The van der Waals surface area contributed by atoms with Gasteiger partial charge in [0.25, 0.3) is 0 Å². The highest BCUT2D eigenvalue weighted by Crippen LogP contribution is 2.23. The molecule has 2 heterocycles. The number of halogens is 1. The topological polar surface area (TPSA) is 55.6 Å². The highest BCUT2D eigenvalue weighted by Gasteiger charge is 2.11. The molecule has 4 aromatic rings. The van der Waals surface area contributed by atoms with Crippen LogP contribution in [0, 0.1) is 6.92 Å². The minimum absolute atomic E-state index is 0.660. The van der Waals surface area contributed by atoms with Gasteiger partial charge < -0.3 is 5.32 Å². The molecule has 0 aliphatic heterocycles. The first-order valence-electron chi connectivity index (χ1n) is 7.95. The van der Waals surface area contributed by atoms with E-state index in [2.05, 4.69) is 51.6 Å². The Kier molecular flexibility index (Phi) is 4.07. The summed E-state index contributed by atoms with van der Waals surface area (Å²) < 4.78 is 1.76. The summed E-state index contributed by atoms with van der Waals surface area (Å²) in [5.41, 5.74) is 4.05. The number of hydrogen-bond donors (Lipinski definition) is 1. The molecule has 0 amide bonds. The second-order valence-corrected chi connectivity index (χ2v) is 6.27. The summed E-state index contributed by atoms with van der Waals surface area (Å²) in [6, 6.07) is 15.9. The number of fused-ring (bicyclic) bond motifs is 1. The summed E-state index contributed by atoms with van der Waals surface area (Å²) in [6.07, 6.45) is 3.32. The molecule has 0 bridgehead atoms. The lowest BCUT2D eigenvalue weighted by Gasteiger charge is -2.07. The Hall–Kier alpha value is -2.92. The van der Waals surface area contributed by atoms with Crippen LogP contribution >= 0.6 is 11.6 Å². The van der Waals surface area contributed by atoms with Crippen molar-refractivity contribution in [2.24, 2.45) is 0 Å². The molecule has 0 aliphatic rings. The molecule has 0 fully saturated rings. The van der Waals surface area contributed by atoms with Crippen LogP contribution in [0.2, 0.25) is 5.02 Å². The average molecular weight is 350 g/mol. The fourth-order valence-corrected chi connectivity index (χ4v) is 2.86. The van der Waals surface area contributed by atoms with Crippen molar-refractivity contribution in [2.75, 3.05) is 5.32 Å². The molecule has 0 spiro atoms. The number of nitrogens with one attached hydrogen (secondary N) is 1. The average Bonchev–Trinajstić information content (AvgIpc) is 3.06. The number of rotatable bonds is 4. The fraction of sp³-hybridized carbons (Fsp3) is 0.105. The van der Waals surface area contributed by atoms with Gasteiger partial charge in [0.2, 0.25) is 0 Å². The van der Waals surface area contributed by atoms with E-state index in [4.69, 9.17) is 11.6 Å². The Morgan fingerprint density at radius 2 is 1.92 bits per heavy atom. The van der Waals surface area contributed by atoms with Crippen molar-refractivity contribution in [1.29, 1.82) is 0 Å². The van der Waals surface area contributed by atoms with Gasteiger partial charge in [0, 0.05) is 11.6 Å². The van der Waals surface area contributed by atoms with E-state index >= 15 is 0 Å². The third-order valence-electron chi connectivity index (χ3n) is 4.00. The summed E-state index contributed by atoms with van der Waals surface area (Å²) in [4.78, 5) is 8.74. The SMILES string of the molecule is Cc1ccc(CNc2ncnc3c2cnn3-c2cccc(Cl)c2)cc1. The highest BCUT2D eigenvalue weighted by molar-refractivity contribution is 6.30. The summed E-state index contributed by atoms with van der Waals surface area (Å²) in [7, 11) is 0. The van der Waals surface area contributed by atoms with E-state index in [1.807, 2.05) is 24.3 Å². The largest absolute Gasteiger partial charge is 0.365 e. The maximum atomic E-state index is 6.09. The van der Waals surface area contributed by atoms with Gasteiger partial charge in [0.1, 0.15) is 12.1 Å². The Labute approximate surface area is 150 Å². The number of aromatic nitrogens is 4. The van der Waals surface area contributed by atoms with Crippen LogP contribution in [0.3, 0.4) is 0 Å². The number of hydrogen-bond acceptors (Lipinski definition) is 4. The lowest BCUT2D eigenvalue weighted by atomic mass is 10.1. The third-order valence-corrected chi connectivity index (χ3v) is 4.23. The molecule has 6 heteroatoms. The molecular formula is C19H16ClN5. The van der Waals surface area contributed by atoms with Gasteiger partial charge in [0.15, 0.2) is 5.65 Å². The first-order valence-corrected chi connectivity index (χ1v) is 8.32. The zero-order valence-electron chi connectivity index (χ0n) is 13.6. The summed E-state index contributed by atoms with van der Waals surface area (Å²) >= 11 is 6.09. The summed E-state index contributed by atoms with van der Waals surface area (Å²) in [5.74, 6) is 0.763. The normalized spacial score (nSPS) is 11.0. The lowest BCUT2D eigenvalue weighted by molar-refractivity contribution is 0.895. The Balaban J connectivity index is 1.66. The van der Waals surface area contributed by atoms with E-state index in [9.17, 15) is 0 Å². The molecule has 0 aliphatic carbocycles.